The molecule has 1 amide bonds. The van der Waals surface area contributed by atoms with Gasteiger partial charge in [0.15, 0.2) is 4.77 Å². The third kappa shape index (κ3) is 4.28. The molecule has 0 atom stereocenters. The number of H-pyrrole nitrogens is 1. The molecule has 1 fully saturated rings. The molecule has 1 aliphatic heterocycles. The fraction of sp³-hybridized carbons (Fsp3) is 0.471. The van der Waals surface area contributed by atoms with Crippen LogP contribution in [0.4, 0.5) is 0 Å². The Bertz CT molecular complexity index is 1100. The van der Waals surface area contributed by atoms with E-state index >= 15 is 0 Å². The first-order chi connectivity index (χ1) is 12.7. The third-order valence-electron chi connectivity index (χ3n) is 4.96. The van der Waals surface area contributed by atoms with E-state index in [4.69, 9.17) is 12.2 Å². The predicted molar refractivity (Wildman–Crippen MR) is 106 cm³/mol. The van der Waals surface area contributed by atoms with Gasteiger partial charge in [-0.2, -0.15) is 0 Å². The zero-order chi connectivity index (χ0) is 19.8. The van der Waals surface area contributed by atoms with Crippen LogP contribution in [0.2, 0.25) is 0 Å². The zero-order valence-electron chi connectivity index (χ0n) is 15.2. The van der Waals surface area contributed by atoms with Crippen molar-refractivity contribution in [3.05, 3.63) is 38.9 Å². The van der Waals surface area contributed by atoms with Gasteiger partial charge in [-0.1, -0.05) is 0 Å². The molecule has 3 rings (SSSR count). The molecule has 0 spiro atoms. The van der Waals surface area contributed by atoms with Crippen molar-refractivity contribution in [2.75, 3.05) is 25.9 Å². The van der Waals surface area contributed by atoms with Crippen molar-refractivity contribution in [2.45, 2.75) is 12.8 Å². The summed E-state index contributed by atoms with van der Waals surface area (Å²) in [5, 5.41) is 3.37. The van der Waals surface area contributed by atoms with Gasteiger partial charge in [0.1, 0.15) is 0 Å². The summed E-state index contributed by atoms with van der Waals surface area (Å²) in [6.07, 6.45) is 2.65. The Labute approximate surface area is 162 Å². The van der Waals surface area contributed by atoms with E-state index in [1.165, 1.54) is 15.1 Å². The zero-order valence-corrected chi connectivity index (χ0v) is 16.8. The lowest BCUT2D eigenvalue weighted by molar-refractivity contribution is 0.0941. The first kappa shape index (κ1) is 19.7. The molecule has 0 bridgehead atoms. The smallest absolute Gasteiger partial charge is 0.261 e. The molecule has 146 valence electrons. The Morgan fingerprint density at radius 1 is 1.33 bits per heavy atom. The molecule has 2 N–H and O–H groups in total. The van der Waals surface area contributed by atoms with Gasteiger partial charge in [0.2, 0.25) is 10.0 Å². The molecule has 1 aliphatic rings. The molecule has 8 nitrogen and oxygen atoms in total. The number of hydrogen-bond acceptors (Lipinski definition) is 5. The minimum Gasteiger partial charge on any atom is -0.352 e. The maximum Gasteiger partial charge on any atom is 0.261 e. The summed E-state index contributed by atoms with van der Waals surface area (Å²) < 4.78 is 26.2. The molecule has 0 saturated carbocycles. The van der Waals surface area contributed by atoms with Gasteiger partial charge in [-0.15, -0.1) is 0 Å². The Morgan fingerprint density at radius 2 is 2.00 bits per heavy atom. The van der Waals surface area contributed by atoms with Crippen LogP contribution in [0.3, 0.4) is 0 Å². The van der Waals surface area contributed by atoms with E-state index in [2.05, 4.69) is 10.3 Å². The average Bonchev–Trinajstić information content (AvgIpc) is 2.63. The van der Waals surface area contributed by atoms with Crippen molar-refractivity contribution in [3.63, 3.8) is 0 Å². The van der Waals surface area contributed by atoms with Gasteiger partial charge in [-0.3, -0.25) is 14.2 Å². The van der Waals surface area contributed by atoms with Crippen molar-refractivity contribution in [1.29, 1.82) is 0 Å². The molecule has 10 heteroatoms. The van der Waals surface area contributed by atoms with Crippen LogP contribution in [0.15, 0.2) is 23.0 Å². The van der Waals surface area contributed by atoms with Gasteiger partial charge in [0.25, 0.3) is 11.5 Å². The van der Waals surface area contributed by atoms with Crippen LogP contribution in [0.1, 0.15) is 23.2 Å². The number of aromatic nitrogens is 2. The molecule has 0 aliphatic carbocycles. The summed E-state index contributed by atoms with van der Waals surface area (Å²) in [7, 11) is -1.55. The topological polar surface area (TPSA) is 104 Å². The Morgan fingerprint density at radius 3 is 2.63 bits per heavy atom. The summed E-state index contributed by atoms with van der Waals surface area (Å²) in [6, 6.07) is 4.85. The number of hydrogen-bond donors (Lipinski definition) is 2. The maximum atomic E-state index is 12.5. The van der Waals surface area contributed by atoms with E-state index in [0.717, 1.165) is 0 Å². The van der Waals surface area contributed by atoms with Crippen LogP contribution in [0.25, 0.3) is 10.9 Å². The number of amides is 1. The van der Waals surface area contributed by atoms with Crippen LogP contribution in [0, 0.1) is 10.7 Å². The average molecular weight is 411 g/mol. The summed E-state index contributed by atoms with van der Waals surface area (Å²) in [6.45, 7) is 1.45. The lowest BCUT2D eigenvalue weighted by Gasteiger charge is -2.30. The van der Waals surface area contributed by atoms with Crippen molar-refractivity contribution in [1.82, 2.24) is 19.2 Å². The molecule has 0 radical (unpaired) electrons. The number of carbonyl (C=O) groups is 1. The molecule has 1 saturated heterocycles. The number of sulfonamides is 1. The van der Waals surface area contributed by atoms with Crippen molar-refractivity contribution in [3.8, 4) is 0 Å². The van der Waals surface area contributed by atoms with Gasteiger partial charge in [-0.25, -0.2) is 12.7 Å². The highest BCUT2D eigenvalue weighted by Crippen LogP contribution is 2.18. The fourth-order valence-corrected chi connectivity index (χ4v) is 4.30. The number of aromatic amines is 1. The summed E-state index contributed by atoms with van der Waals surface area (Å²) in [5.74, 6) is 0.00736. The van der Waals surface area contributed by atoms with Crippen molar-refractivity contribution < 1.29 is 13.2 Å². The van der Waals surface area contributed by atoms with Gasteiger partial charge >= 0.3 is 0 Å². The van der Waals surface area contributed by atoms with Crippen LogP contribution in [-0.4, -0.2) is 54.1 Å². The maximum absolute atomic E-state index is 12.5. The Balaban J connectivity index is 1.66. The van der Waals surface area contributed by atoms with Gasteiger partial charge in [0.05, 0.1) is 17.2 Å². The first-order valence-electron chi connectivity index (χ1n) is 8.63. The Hall–Kier alpha value is -2.04. The molecule has 27 heavy (non-hydrogen) atoms. The minimum absolute atomic E-state index is 0.210. The van der Waals surface area contributed by atoms with Crippen LogP contribution in [-0.2, 0) is 17.1 Å². The molecular formula is C17H22N4O4S2. The lowest BCUT2D eigenvalue weighted by Crippen LogP contribution is -2.41. The second-order valence-electron chi connectivity index (χ2n) is 6.87. The standard InChI is InChI=1S/C17H22N4O4S2/c1-20-16(23)13-4-3-12(9-14(13)19-17(20)26)15(22)18-10-11-5-7-21(8-6-11)27(2,24)25/h3-4,9,11H,5-8,10H2,1-2H3,(H,18,22)(H,19,26). The second-order valence-corrected chi connectivity index (χ2v) is 9.24. The normalized spacial score (nSPS) is 16.5. The van der Waals surface area contributed by atoms with E-state index in [0.29, 0.717) is 53.7 Å². The number of benzene rings is 1. The lowest BCUT2D eigenvalue weighted by atomic mass is 9.98. The molecule has 2 aromatic rings. The SMILES string of the molecule is Cn1c(=S)[nH]c2cc(C(=O)NCC3CCN(S(C)(=O)=O)CC3)ccc2c1=O. The molecule has 2 heterocycles. The second kappa shape index (κ2) is 7.53. The fourth-order valence-electron chi connectivity index (χ4n) is 3.23. The number of nitrogens with one attached hydrogen (secondary N) is 2. The van der Waals surface area contributed by atoms with Crippen LogP contribution in [0.5, 0.6) is 0 Å². The third-order valence-corrected chi connectivity index (χ3v) is 6.64. The van der Waals surface area contributed by atoms with Gasteiger partial charge in [-0.05, 0) is 49.2 Å². The quantitative estimate of drug-likeness (QED) is 0.732. The van der Waals surface area contributed by atoms with Crippen molar-refractivity contribution >= 4 is 39.1 Å². The highest BCUT2D eigenvalue weighted by Gasteiger charge is 2.25. The Kier molecular flexibility index (Phi) is 5.50. The van der Waals surface area contributed by atoms with Gasteiger partial charge in [0, 0.05) is 32.2 Å². The number of nitrogens with zero attached hydrogens (tertiary/aromatic N) is 2. The highest BCUT2D eigenvalue weighted by atomic mass is 32.2. The highest BCUT2D eigenvalue weighted by molar-refractivity contribution is 7.88. The summed E-state index contributed by atoms with van der Waals surface area (Å²) in [4.78, 5) is 27.6. The van der Waals surface area contributed by atoms with E-state index in [-0.39, 0.29) is 17.4 Å². The molecular weight excluding hydrogens is 388 g/mol. The van der Waals surface area contributed by atoms with E-state index in [1.807, 2.05) is 0 Å². The van der Waals surface area contributed by atoms with Gasteiger partial charge < -0.3 is 10.3 Å². The molecule has 1 aromatic heterocycles. The predicted octanol–water partition coefficient (Wildman–Crippen LogP) is 0.997. The van der Waals surface area contributed by atoms with E-state index in [1.54, 1.807) is 25.2 Å². The monoisotopic (exact) mass is 410 g/mol. The van der Waals surface area contributed by atoms with E-state index in [9.17, 15) is 18.0 Å². The largest absolute Gasteiger partial charge is 0.352 e. The molecule has 0 unspecified atom stereocenters. The number of rotatable bonds is 4. The minimum atomic E-state index is -3.15. The van der Waals surface area contributed by atoms with Crippen LogP contribution >= 0.6 is 12.2 Å². The first-order valence-corrected chi connectivity index (χ1v) is 10.9. The van der Waals surface area contributed by atoms with E-state index < -0.39 is 10.0 Å². The number of fused-ring (bicyclic) bond motifs is 1. The number of piperidine rings is 1. The van der Waals surface area contributed by atoms with Crippen molar-refractivity contribution in [2.24, 2.45) is 13.0 Å². The van der Waals surface area contributed by atoms with Crippen LogP contribution < -0.4 is 10.9 Å². The summed E-state index contributed by atoms with van der Waals surface area (Å²) >= 11 is 5.11. The molecule has 1 aromatic carbocycles. The summed E-state index contributed by atoms with van der Waals surface area (Å²) in [5.41, 5.74) is 0.755. The number of carbonyl (C=O) groups excluding carboxylic acids is 1.